The van der Waals surface area contributed by atoms with Crippen molar-refractivity contribution in [2.45, 2.75) is 25.8 Å². The number of nitrogens with zero attached hydrogens (tertiary/aromatic N) is 3. The Hall–Kier alpha value is -1.67. The fourth-order valence-electron chi connectivity index (χ4n) is 2.61. The molecule has 1 N–H and O–H groups in total. The maximum Gasteiger partial charge on any atom is 0.354 e. The number of pyridine rings is 1. The average molecular weight is 327 g/mol. The van der Waals surface area contributed by atoms with Gasteiger partial charge in [-0.2, -0.15) is 0 Å². The predicted octanol–water partition coefficient (Wildman–Crippen LogP) is 1.03. The zero-order valence-electron chi connectivity index (χ0n) is 12.8. The maximum atomic E-state index is 11.9. The minimum atomic E-state index is -3.18. The summed E-state index contributed by atoms with van der Waals surface area (Å²) in [5.41, 5.74) is 0.0188. The van der Waals surface area contributed by atoms with Gasteiger partial charge in [0, 0.05) is 26.2 Å². The third-order valence-electron chi connectivity index (χ3n) is 4.06. The van der Waals surface area contributed by atoms with Crippen molar-refractivity contribution in [2.75, 3.05) is 30.8 Å². The highest BCUT2D eigenvalue weighted by molar-refractivity contribution is 7.89. The number of aromatic carboxylic acids is 1. The van der Waals surface area contributed by atoms with Gasteiger partial charge in [-0.3, -0.25) is 0 Å². The molecule has 8 heteroatoms. The number of carbonyl (C=O) groups is 1. The number of rotatable bonds is 5. The van der Waals surface area contributed by atoms with Crippen LogP contribution in [0.4, 0.5) is 5.82 Å². The van der Waals surface area contributed by atoms with Gasteiger partial charge < -0.3 is 10.0 Å². The molecule has 0 amide bonds. The molecule has 1 aromatic heterocycles. The standard InChI is InChI=1S/C14H21N3O4S/c1-3-22(20,21)16(2)11-7-9-17(10-8-11)13-6-4-5-12(15-13)14(18)19/h4-6,11H,3,7-10H2,1-2H3,(H,18,19). The molecule has 22 heavy (non-hydrogen) atoms. The molecule has 1 saturated heterocycles. The van der Waals surface area contributed by atoms with E-state index in [4.69, 9.17) is 5.11 Å². The molecule has 2 rings (SSSR count). The Labute approximate surface area is 130 Å². The second kappa shape index (κ2) is 6.62. The lowest BCUT2D eigenvalue weighted by Gasteiger charge is -2.36. The smallest absolute Gasteiger partial charge is 0.354 e. The summed E-state index contributed by atoms with van der Waals surface area (Å²) < 4.78 is 25.3. The molecule has 0 spiro atoms. The largest absolute Gasteiger partial charge is 0.477 e. The molecule has 1 aliphatic rings. The van der Waals surface area contributed by atoms with E-state index in [1.165, 1.54) is 10.4 Å². The van der Waals surface area contributed by atoms with Crippen LogP contribution in [0.1, 0.15) is 30.3 Å². The number of hydrogen-bond acceptors (Lipinski definition) is 5. The lowest BCUT2D eigenvalue weighted by atomic mass is 10.1. The number of carboxylic acids is 1. The molecule has 122 valence electrons. The summed E-state index contributed by atoms with van der Waals surface area (Å²) in [4.78, 5) is 17.1. The first kappa shape index (κ1) is 16.7. The van der Waals surface area contributed by atoms with Crippen LogP contribution >= 0.6 is 0 Å². The van der Waals surface area contributed by atoms with Crippen LogP contribution in [-0.2, 0) is 10.0 Å². The summed E-state index contributed by atoms with van der Waals surface area (Å²) in [7, 11) is -1.55. The summed E-state index contributed by atoms with van der Waals surface area (Å²) in [5, 5.41) is 8.98. The van der Waals surface area contributed by atoms with Gasteiger partial charge in [0.2, 0.25) is 10.0 Å². The topological polar surface area (TPSA) is 90.8 Å². The molecule has 1 fully saturated rings. The number of hydrogen-bond donors (Lipinski definition) is 1. The highest BCUT2D eigenvalue weighted by atomic mass is 32.2. The zero-order valence-corrected chi connectivity index (χ0v) is 13.6. The van der Waals surface area contributed by atoms with Crippen molar-refractivity contribution < 1.29 is 18.3 Å². The fraction of sp³-hybridized carbons (Fsp3) is 0.571. The Balaban J connectivity index is 2.03. The Kier molecular flexibility index (Phi) is 5.02. The lowest BCUT2D eigenvalue weighted by Crippen LogP contribution is -2.46. The second-order valence-electron chi connectivity index (χ2n) is 5.32. The van der Waals surface area contributed by atoms with Crippen LogP contribution in [0, 0.1) is 0 Å². The van der Waals surface area contributed by atoms with E-state index < -0.39 is 16.0 Å². The molecule has 1 aromatic rings. The molecule has 0 atom stereocenters. The van der Waals surface area contributed by atoms with Crippen molar-refractivity contribution in [3.05, 3.63) is 23.9 Å². The number of piperidine rings is 1. The molecular weight excluding hydrogens is 306 g/mol. The van der Waals surface area contributed by atoms with E-state index in [2.05, 4.69) is 4.98 Å². The Bertz CT molecular complexity index is 639. The van der Waals surface area contributed by atoms with E-state index in [1.54, 1.807) is 26.1 Å². The van der Waals surface area contributed by atoms with Gasteiger partial charge in [-0.05, 0) is 31.9 Å². The summed E-state index contributed by atoms with van der Waals surface area (Å²) in [5.74, 6) is -0.323. The van der Waals surface area contributed by atoms with E-state index in [9.17, 15) is 13.2 Å². The van der Waals surface area contributed by atoms with Gasteiger partial charge in [-0.25, -0.2) is 22.5 Å². The van der Waals surface area contributed by atoms with Crippen molar-refractivity contribution in [3.8, 4) is 0 Å². The molecule has 0 unspecified atom stereocenters. The summed E-state index contributed by atoms with van der Waals surface area (Å²) in [6.07, 6.45) is 1.41. The molecule has 0 radical (unpaired) electrons. The van der Waals surface area contributed by atoms with Gasteiger partial charge in [0.15, 0.2) is 5.69 Å². The molecule has 7 nitrogen and oxygen atoms in total. The second-order valence-corrected chi connectivity index (χ2v) is 7.64. The molecule has 1 aliphatic heterocycles. The minimum absolute atomic E-state index is 0.0103. The third-order valence-corrected chi connectivity index (χ3v) is 5.97. The van der Waals surface area contributed by atoms with Crippen LogP contribution in [0.25, 0.3) is 0 Å². The summed E-state index contributed by atoms with van der Waals surface area (Å²) in [6.45, 7) is 2.96. The van der Waals surface area contributed by atoms with Gasteiger partial charge in [-0.1, -0.05) is 6.07 Å². The van der Waals surface area contributed by atoms with E-state index >= 15 is 0 Å². The van der Waals surface area contributed by atoms with Crippen LogP contribution in [0.2, 0.25) is 0 Å². The van der Waals surface area contributed by atoms with Crippen molar-refractivity contribution in [1.82, 2.24) is 9.29 Å². The molecule has 0 aliphatic carbocycles. The van der Waals surface area contributed by atoms with Gasteiger partial charge >= 0.3 is 5.97 Å². The van der Waals surface area contributed by atoms with Crippen LogP contribution in [0.15, 0.2) is 18.2 Å². The van der Waals surface area contributed by atoms with Crippen LogP contribution in [-0.4, -0.2) is 60.7 Å². The molecule has 2 heterocycles. The Morgan fingerprint density at radius 2 is 2.05 bits per heavy atom. The monoisotopic (exact) mass is 327 g/mol. The highest BCUT2D eigenvalue weighted by Gasteiger charge is 2.29. The van der Waals surface area contributed by atoms with Crippen molar-refractivity contribution in [1.29, 1.82) is 0 Å². The number of anilines is 1. The normalized spacial score (nSPS) is 17.0. The van der Waals surface area contributed by atoms with Gasteiger partial charge in [-0.15, -0.1) is 0 Å². The lowest BCUT2D eigenvalue weighted by molar-refractivity contribution is 0.0690. The van der Waals surface area contributed by atoms with Gasteiger partial charge in [0.1, 0.15) is 5.82 Å². The van der Waals surface area contributed by atoms with Gasteiger partial charge in [0.05, 0.1) is 5.75 Å². The maximum absolute atomic E-state index is 11.9. The third kappa shape index (κ3) is 3.56. The zero-order chi connectivity index (χ0) is 16.3. The molecular formula is C14H21N3O4S. The van der Waals surface area contributed by atoms with Crippen molar-refractivity contribution in [3.63, 3.8) is 0 Å². The molecule has 0 aromatic carbocycles. The minimum Gasteiger partial charge on any atom is -0.477 e. The average Bonchev–Trinajstić information content (AvgIpc) is 2.54. The fourth-order valence-corrected chi connectivity index (χ4v) is 3.68. The molecule has 0 bridgehead atoms. The highest BCUT2D eigenvalue weighted by Crippen LogP contribution is 2.22. The predicted molar refractivity (Wildman–Crippen MR) is 83.7 cm³/mol. The first-order chi connectivity index (χ1) is 10.3. The van der Waals surface area contributed by atoms with Crippen molar-refractivity contribution >= 4 is 21.8 Å². The first-order valence-corrected chi connectivity index (χ1v) is 8.87. The van der Waals surface area contributed by atoms with E-state index in [0.717, 1.165) is 0 Å². The summed E-state index contributed by atoms with van der Waals surface area (Å²) in [6, 6.07) is 4.90. The molecule has 0 saturated carbocycles. The van der Waals surface area contributed by atoms with Gasteiger partial charge in [0.25, 0.3) is 0 Å². The number of aromatic nitrogens is 1. The Morgan fingerprint density at radius 1 is 1.41 bits per heavy atom. The quantitative estimate of drug-likeness (QED) is 0.868. The number of carboxylic acid groups (broad SMARTS) is 1. The Morgan fingerprint density at radius 3 is 2.59 bits per heavy atom. The first-order valence-electron chi connectivity index (χ1n) is 7.26. The number of sulfonamides is 1. The van der Waals surface area contributed by atoms with Crippen LogP contribution in [0.3, 0.4) is 0 Å². The van der Waals surface area contributed by atoms with E-state index in [1.807, 2.05) is 4.90 Å². The SMILES string of the molecule is CCS(=O)(=O)N(C)C1CCN(c2cccc(C(=O)O)n2)CC1. The van der Waals surface area contributed by atoms with Crippen molar-refractivity contribution in [2.24, 2.45) is 0 Å². The van der Waals surface area contributed by atoms with Crippen LogP contribution < -0.4 is 4.90 Å². The van der Waals surface area contributed by atoms with Crippen LogP contribution in [0.5, 0.6) is 0 Å². The van der Waals surface area contributed by atoms with E-state index in [0.29, 0.717) is 31.7 Å². The van der Waals surface area contributed by atoms with E-state index in [-0.39, 0.29) is 17.5 Å². The summed E-state index contributed by atoms with van der Waals surface area (Å²) >= 11 is 0.